The molecule has 0 radical (unpaired) electrons. The van der Waals surface area contributed by atoms with Crippen LogP contribution in [-0.4, -0.2) is 27.5 Å². The molecule has 5 rings (SSSR count). The number of allylic oxidation sites excluding steroid dienone is 1. The van der Waals surface area contributed by atoms with Crippen LogP contribution in [0.15, 0.2) is 72.0 Å². The van der Waals surface area contributed by atoms with Crippen LogP contribution in [-0.2, 0) is 6.42 Å². The van der Waals surface area contributed by atoms with Crippen LogP contribution >= 0.6 is 11.3 Å². The van der Waals surface area contributed by atoms with Gasteiger partial charge in [0.1, 0.15) is 5.82 Å². The zero-order valence-corrected chi connectivity index (χ0v) is 18.6. The molecule has 0 saturated heterocycles. The molecule has 8 heteroatoms. The smallest absolute Gasteiger partial charge is 0.162 e. The number of nitrogens with two attached hydrogens (primary N) is 1. The summed E-state index contributed by atoms with van der Waals surface area (Å²) in [5.74, 6) is 1.48. The van der Waals surface area contributed by atoms with E-state index in [9.17, 15) is 0 Å². The maximum atomic E-state index is 6.43. The van der Waals surface area contributed by atoms with Crippen molar-refractivity contribution in [3.8, 4) is 11.4 Å². The first kappa shape index (κ1) is 20.6. The second-order valence-corrected chi connectivity index (χ2v) is 8.81. The van der Waals surface area contributed by atoms with E-state index in [4.69, 9.17) is 15.7 Å². The van der Waals surface area contributed by atoms with E-state index in [1.807, 2.05) is 37.3 Å². The summed E-state index contributed by atoms with van der Waals surface area (Å²) in [6.45, 7) is 2.66. The SMILES string of the molecule is CC1=CC(c2csc3c(NC[C@@H](N)Cc4ccccc4)nc(-c4ccncc4)nc23)NN1. The lowest BCUT2D eigenvalue weighted by atomic mass is 10.1. The fourth-order valence-corrected chi connectivity index (χ4v) is 4.82. The second-order valence-electron chi connectivity index (χ2n) is 7.93. The van der Waals surface area contributed by atoms with Crippen LogP contribution in [0.1, 0.15) is 24.1 Å². The molecule has 4 aromatic rings. The van der Waals surface area contributed by atoms with Gasteiger partial charge in [-0.2, -0.15) is 0 Å². The molecule has 1 aliphatic heterocycles. The van der Waals surface area contributed by atoms with E-state index < -0.39 is 0 Å². The van der Waals surface area contributed by atoms with Crippen molar-refractivity contribution in [3.63, 3.8) is 0 Å². The Morgan fingerprint density at radius 2 is 1.94 bits per heavy atom. The summed E-state index contributed by atoms with van der Waals surface area (Å²) in [6.07, 6.45) is 6.49. The number of thiophene rings is 1. The largest absolute Gasteiger partial charge is 0.367 e. The van der Waals surface area contributed by atoms with Crippen molar-refractivity contribution < 1.29 is 0 Å². The lowest BCUT2D eigenvalue weighted by molar-refractivity contribution is 0.600. The predicted molar refractivity (Wildman–Crippen MR) is 130 cm³/mol. The molecule has 0 aliphatic carbocycles. The zero-order valence-electron chi connectivity index (χ0n) is 17.7. The van der Waals surface area contributed by atoms with Gasteiger partial charge in [0.2, 0.25) is 0 Å². The first-order valence-electron chi connectivity index (χ1n) is 10.6. The van der Waals surface area contributed by atoms with Crippen LogP contribution in [0.25, 0.3) is 21.6 Å². The molecule has 0 amide bonds. The number of hydrazine groups is 1. The van der Waals surface area contributed by atoms with Gasteiger partial charge in [-0.3, -0.25) is 4.98 Å². The summed E-state index contributed by atoms with van der Waals surface area (Å²) < 4.78 is 1.03. The van der Waals surface area contributed by atoms with Gasteiger partial charge in [-0.25, -0.2) is 15.4 Å². The third-order valence-electron chi connectivity index (χ3n) is 5.43. The number of pyridine rings is 1. The molecule has 1 aliphatic rings. The summed E-state index contributed by atoms with van der Waals surface area (Å²) in [5.41, 5.74) is 18.3. The lowest BCUT2D eigenvalue weighted by Crippen LogP contribution is -2.31. The molecule has 0 spiro atoms. The maximum Gasteiger partial charge on any atom is 0.162 e. The summed E-state index contributed by atoms with van der Waals surface area (Å²) in [6, 6.07) is 14.2. The molecule has 0 saturated carbocycles. The quantitative estimate of drug-likeness (QED) is 0.345. The molecular formula is C24H25N7S. The molecular weight excluding hydrogens is 418 g/mol. The fraction of sp³-hybridized carbons (Fsp3) is 0.208. The van der Waals surface area contributed by atoms with E-state index in [2.05, 4.69) is 44.7 Å². The van der Waals surface area contributed by atoms with Crippen LogP contribution in [0.2, 0.25) is 0 Å². The Labute approximate surface area is 190 Å². The molecule has 1 aromatic carbocycles. The minimum atomic E-state index is -0.0301. The van der Waals surface area contributed by atoms with Gasteiger partial charge in [0.15, 0.2) is 5.82 Å². The highest BCUT2D eigenvalue weighted by atomic mass is 32.1. The highest BCUT2D eigenvalue weighted by Gasteiger charge is 2.22. The number of rotatable bonds is 7. The van der Waals surface area contributed by atoms with E-state index in [1.165, 1.54) is 5.56 Å². The molecule has 162 valence electrons. The number of nitrogens with one attached hydrogen (secondary N) is 3. The molecule has 3 aromatic heterocycles. The van der Waals surface area contributed by atoms with E-state index in [0.717, 1.165) is 39.3 Å². The Hall–Kier alpha value is -3.33. The van der Waals surface area contributed by atoms with Gasteiger partial charge < -0.3 is 16.5 Å². The number of nitrogens with zero attached hydrogens (tertiary/aromatic N) is 3. The van der Waals surface area contributed by atoms with E-state index in [0.29, 0.717) is 12.4 Å². The number of aromatic nitrogens is 3. The Morgan fingerprint density at radius 3 is 2.69 bits per heavy atom. The van der Waals surface area contributed by atoms with Crippen molar-refractivity contribution in [2.75, 3.05) is 11.9 Å². The molecule has 0 bridgehead atoms. The van der Waals surface area contributed by atoms with E-state index in [1.54, 1.807) is 23.7 Å². The van der Waals surface area contributed by atoms with Gasteiger partial charge in [-0.05, 0) is 42.5 Å². The zero-order chi connectivity index (χ0) is 21.9. The van der Waals surface area contributed by atoms with Crippen molar-refractivity contribution in [1.82, 2.24) is 25.8 Å². The number of benzene rings is 1. The summed E-state index contributed by atoms with van der Waals surface area (Å²) in [5, 5.41) is 5.65. The minimum Gasteiger partial charge on any atom is -0.367 e. The second kappa shape index (κ2) is 9.04. The Morgan fingerprint density at radius 1 is 1.12 bits per heavy atom. The third kappa shape index (κ3) is 4.34. The fourth-order valence-electron chi connectivity index (χ4n) is 3.82. The Balaban J connectivity index is 1.47. The van der Waals surface area contributed by atoms with Gasteiger partial charge >= 0.3 is 0 Å². The minimum absolute atomic E-state index is 0.0301. The molecule has 7 nitrogen and oxygen atoms in total. The highest BCUT2D eigenvalue weighted by molar-refractivity contribution is 7.18. The van der Waals surface area contributed by atoms with Crippen LogP contribution in [0, 0.1) is 0 Å². The van der Waals surface area contributed by atoms with Crippen molar-refractivity contribution in [1.29, 1.82) is 0 Å². The normalized spacial score (nSPS) is 16.6. The van der Waals surface area contributed by atoms with Crippen LogP contribution < -0.4 is 21.9 Å². The number of anilines is 1. The third-order valence-corrected chi connectivity index (χ3v) is 6.42. The van der Waals surface area contributed by atoms with Gasteiger partial charge in [0.25, 0.3) is 0 Å². The predicted octanol–water partition coefficient (Wildman–Crippen LogP) is 3.79. The highest BCUT2D eigenvalue weighted by Crippen LogP contribution is 2.36. The molecule has 5 N–H and O–H groups in total. The van der Waals surface area contributed by atoms with Gasteiger partial charge in [0.05, 0.1) is 16.3 Å². The summed E-state index contributed by atoms with van der Waals surface area (Å²) in [4.78, 5) is 13.9. The van der Waals surface area contributed by atoms with Crippen molar-refractivity contribution in [2.24, 2.45) is 5.73 Å². The number of fused-ring (bicyclic) bond motifs is 1. The number of hydrogen-bond donors (Lipinski definition) is 4. The molecule has 2 atom stereocenters. The monoisotopic (exact) mass is 443 g/mol. The Kier molecular flexibility index (Phi) is 5.81. The molecule has 4 heterocycles. The summed E-state index contributed by atoms with van der Waals surface area (Å²) >= 11 is 1.65. The Bertz CT molecular complexity index is 1240. The first-order valence-corrected chi connectivity index (χ1v) is 11.5. The van der Waals surface area contributed by atoms with E-state index in [-0.39, 0.29) is 12.1 Å². The van der Waals surface area contributed by atoms with Gasteiger partial charge in [-0.15, -0.1) is 11.3 Å². The first-order chi connectivity index (χ1) is 15.7. The van der Waals surface area contributed by atoms with Crippen molar-refractivity contribution in [2.45, 2.75) is 25.4 Å². The average molecular weight is 444 g/mol. The van der Waals surface area contributed by atoms with Crippen LogP contribution in [0.4, 0.5) is 5.82 Å². The topological polar surface area (TPSA) is 101 Å². The van der Waals surface area contributed by atoms with Gasteiger partial charge in [0, 0.05) is 41.8 Å². The van der Waals surface area contributed by atoms with E-state index >= 15 is 0 Å². The molecule has 0 fully saturated rings. The number of hydrogen-bond acceptors (Lipinski definition) is 8. The molecule has 32 heavy (non-hydrogen) atoms. The lowest BCUT2D eigenvalue weighted by Gasteiger charge is -2.15. The van der Waals surface area contributed by atoms with Gasteiger partial charge in [-0.1, -0.05) is 30.3 Å². The maximum absolute atomic E-state index is 6.43. The standard InChI is InChI=1S/C24H25N7S/c1-15-11-20(31-30-15)19-14-32-22-21(19)28-23(17-7-9-26-10-8-17)29-24(22)27-13-18(25)12-16-5-3-2-4-6-16/h2-11,14,18,20,30-31H,12-13,25H2,1H3,(H,27,28,29)/t18-,20?/m0/s1. The van der Waals surface area contributed by atoms with Crippen LogP contribution in [0.3, 0.4) is 0 Å². The average Bonchev–Trinajstić information content (AvgIpc) is 3.44. The summed E-state index contributed by atoms with van der Waals surface area (Å²) in [7, 11) is 0. The van der Waals surface area contributed by atoms with Crippen LogP contribution in [0.5, 0.6) is 0 Å². The molecule has 1 unspecified atom stereocenters. The van der Waals surface area contributed by atoms with Crippen molar-refractivity contribution >= 4 is 27.4 Å². The van der Waals surface area contributed by atoms with Crippen molar-refractivity contribution in [3.05, 3.63) is 83.1 Å².